The Bertz CT molecular complexity index is 365. The third kappa shape index (κ3) is 2.14. The lowest BCUT2D eigenvalue weighted by Gasteiger charge is -2.18. The van der Waals surface area contributed by atoms with E-state index >= 15 is 0 Å². The first-order chi connectivity index (χ1) is 7.42. The highest BCUT2D eigenvalue weighted by molar-refractivity contribution is 5.07. The maximum absolute atomic E-state index is 6.19. The van der Waals surface area contributed by atoms with Crippen LogP contribution in [0.3, 0.4) is 0 Å². The van der Waals surface area contributed by atoms with E-state index in [1.54, 1.807) is 0 Å². The molecule has 90 valence electrons. The van der Waals surface area contributed by atoms with E-state index in [9.17, 15) is 0 Å². The molecule has 0 bridgehead atoms. The van der Waals surface area contributed by atoms with E-state index in [-0.39, 0.29) is 6.04 Å². The van der Waals surface area contributed by atoms with Crippen molar-refractivity contribution in [3.63, 3.8) is 0 Å². The Labute approximate surface area is 98.1 Å². The Hall–Kier alpha value is -0.830. The topological polar surface area (TPSA) is 43.8 Å². The van der Waals surface area contributed by atoms with Crippen LogP contribution in [0.15, 0.2) is 12.5 Å². The van der Waals surface area contributed by atoms with Gasteiger partial charge in [-0.25, -0.2) is 4.98 Å². The van der Waals surface area contributed by atoms with Crippen LogP contribution >= 0.6 is 0 Å². The summed E-state index contributed by atoms with van der Waals surface area (Å²) in [6.07, 6.45) is 5.16. The monoisotopic (exact) mass is 221 g/mol. The van der Waals surface area contributed by atoms with Gasteiger partial charge in [0.2, 0.25) is 0 Å². The van der Waals surface area contributed by atoms with E-state index in [4.69, 9.17) is 5.73 Å². The van der Waals surface area contributed by atoms with Crippen molar-refractivity contribution in [3.05, 3.63) is 18.2 Å². The molecule has 1 heterocycles. The molecule has 2 N–H and O–H groups in total. The molecule has 0 saturated heterocycles. The second-order valence-corrected chi connectivity index (χ2v) is 6.13. The summed E-state index contributed by atoms with van der Waals surface area (Å²) >= 11 is 0. The second-order valence-electron chi connectivity index (χ2n) is 6.13. The molecule has 0 aliphatic heterocycles. The van der Waals surface area contributed by atoms with E-state index in [2.05, 4.69) is 37.2 Å². The third-order valence-electron chi connectivity index (χ3n) is 3.94. The van der Waals surface area contributed by atoms with Gasteiger partial charge in [-0.3, -0.25) is 0 Å². The zero-order chi connectivity index (χ0) is 11.9. The van der Waals surface area contributed by atoms with Gasteiger partial charge in [0.1, 0.15) is 0 Å². The average molecular weight is 221 g/mol. The van der Waals surface area contributed by atoms with Crippen LogP contribution in [0.5, 0.6) is 0 Å². The van der Waals surface area contributed by atoms with Crippen LogP contribution in [0.1, 0.15) is 45.9 Å². The summed E-state index contributed by atoms with van der Waals surface area (Å²) < 4.78 is 2.24. The SMILES string of the molecule is CC(C)C(N)c1cncn1CC1CC1(C)C. The third-order valence-corrected chi connectivity index (χ3v) is 3.94. The summed E-state index contributed by atoms with van der Waals surface area (Å²) in [4.78, 5) is 4.24. The number of nitrogens with zero attached hydrogens (tertiary/aromatic N) is 2. The molecule has 2 rings (SSSR count). The first-order valence-electron chi connectivity index (χ1n) is 6.17. The van der Waals surface area contributed by atoms with Crippen LogP contribution in [0.25, 0.3) is 0 Å². The van der Waals surface area contributed by atoms with Gasteiger partial charge in [0, 0.05) is 18.8 Å². The summed E-state index contributed by atoms with van der Waals surface area (Å²) in [7, 11) is 0. The molecule has 0 radical (unpaired) electrons. The minimum atomic E-state index is 0.101. The number of rotatable bonds is 4. The van der Waals surface area contributed by atoms with Gasteiger partial charge in [-0.1, -0.05) is 27.7 Å². The normalized spacial score (nSPS) is 24.8. The molecule has 1 aromatic rings. The largest absolute Gasteiger partial charge is 0.333 e. The zero-order valence-electron chi connectivity index (χ0n) is 10.8. The summed E-state index contributed by atoms with van der Waals surface area (Å²) in [5.74, 6) is 1.25. The Kier molecular flexibility index (Phi) is 2.82. The van der Waals surface area contributed by atoms with Gasteiger partial charge in [-0.05, 0) is 23.7 Å². The van der Waals surface area contributed by atoms with Crippen molar-refractivity contribution < 1.29 is 0 Å². The van der Waals surface area contributed by atoms with Crippen LogP contribution in [0.2, 0.25) is 0 Å². The Balaban J connectivity index is 2.08. The highest BCUT2D eigenvalue weighted by Gasteiger charge is 2.45. The first kappa shape index (κ1) is 11.6. The number of nitrogens with two attached hydrogens (primary N) is 1. The Morgan fingerprint density at radius 2 is 2.19 bits per heavy atom. The smallest absolute Gasteiger partial charge is 0.0948 e. The van der Waals surface area contributed by atoms with Crippen molar-refractivity contribution in [1.82, 2.24) is 9.55 Å². The van der Waals surface area contributed by atoms with Crippen LogP contribution in [0, 0.1) is 17.3 Å². The molecule has 1 fully saturated rings. The van der Waals surface area contributed by atoms with E-state index in [1.165, 1.54) is 12.1 Å². The number of aromatic nitrogens is 2. The van der Waals surface area contributed by atoms with E-state index in [0.29, 0.717) is 11.3 Å². The fourth-order valence-corrected chi connectivity index (χ4v) is 2.23. The molecule has 1 saturated carbocycles. The van der Waals surface area contributed by atoms with Gasteiger partial charge in [-0.2, -0.15) is 0 Å². The van der Waals surface area contributed by atoms with Gasteiger partial charge in [0.05, 0.1) is 12.0 Å². The summed E-state index contributed by atoms with van der Waals surface area (Å²) in [6, 6.07) is 0.101. The van der Waals surface area contributed by atoms with Crippen LogP contribution in [-0.4, -0.2) is 9.55 Å². The van der Waals surface area contributed by atoms with E-state index in [0.717, 1.165) is 12.5 Å². The maximum Gasteiger partial charge on any atom is 0.0948 e. The number of imidazole rings is 1. The lowest BCUT2D eigenvalue weighted by Crippen LogP contribution is -2.21. The van der Waals surface area contributed by atoms with Gasteiger partial charge >= 0.3 is 0 Å². The molecule has 2 unspecified atom stereocenters. The molecule has 3 heteroatoms. The minimum absolute atomic E-state index is 0.101. The standard InChI is InChI=1S/C13H23N3/c1-9(2)12(14)11-6-15-8-16(11)7-10-5-13(10,3)4/h6,8-10,12H,5,7,14H2,1-4H3. The second kappa shape index (κ2) is 3.88. The van der Waals surface area contributed by atoms with Crippen molar-refractivity contribution in [3.8, 4) is 0 Å². The first-order valence-corrected chi connectivity index (χ1v) is 6.17. The quantitative estimate of drug-likeness (QED) is 0.849. The van der Waals surface area contributed by atoms with Crippen LogP contribution in [-0.2, 0) is 6.54 Å². The maximum atomic E-state index is 6.19. The molecule has 2 atom stereocenters. The molecule has 0 aromatic carbocycles. The number of hydrogen-bond acceptors (Lipinski definition) is 2. The van der Waals surface area contributed by atoms with Gasteiger partial charge in [-0.15, -0.1) is 0 Å². The zero-order valence-corrected chi connectivity index (χ0v) is 10.8. The molecular formula is C13H23N3. The van der Waals surface area contributed by atoms with Crippen molar-refractivity contribution in [1.29, 1.82) is 0 Å². The molecule has 16 heavy (non-hydrogen) atoms. The molecule has 0 amide bonds. The summed E-state index contributed by atoms with van der Waals surface area (Å²) in [5, 5.41) is 0. The Morgan fingerprint density at radius 1 is 1.56 bits per heavy atom. The molecule has 0 spiro atoms. The molecule has 1 aliphatic rings. The molecule has 1 aliphatic carbocycles. The predicted octanol–water partition coefficient (Wildman–Crippen LogP) is 2.59. The fourth-order valence-electron chi connectivity index (χ4n) is 2.23. The molecule has 3 nitrogen and oxygen atoms in total. The van der Waals surface area contributed by atoms with Crippen LogP contribution < -0.4 is 5.73 Å². The molecule has 1 aromatic heterocycles. The van der Waals surface area contributed by atoms with Gasteiger partial charge < -0.3 is 10.3 Å². The lowest BCUT2D eigenvalue weighted by atomic mass is 10.0. The highest BCUT2D eigenvalue weighted by Crippen LogP contribution is 2.52. The van der Waals surface area contributed by atoms with Gasteiger partial charge in [0.25, 0.3) is 0 Å². The van der Waals surface area contributed by atoms with Gasteiger partial charge in [0.15, 0.2) is 0 Å². The summed E-state index contributed by atoms with van der Waals surface area (Å²) in [5.41, 5.74) is 7.88. The van der Waals surface area contributed by atoms with Crippen molar-refractivity contribution in [2.24, 2.45) is 23.0 Å². The fraction of sp³-hybridized carbons (Fsp3) is 0.769. The minimum Gasteiger partial charge on any atom is -0.333 e. The molecular weight excluding hydrogens is 198 g/mol. The van der Waals surface area contributed by atoms with Crippen molar-refractivity contribution in [2.75, 3.05) is 0 Å². The summed E-state index contributed by atoms with van der Waals surface area (Å²) in [6.45, 7) is 10.0. The number of hydrogen-bond donors (Lipinski definition) is 1. The highest BCUT2D eigenvalue weighted by atomic mass is 15.1. The average Bonchev–Trinajstić information content (AvgIpc) is 2.63. The van der Waals surface area contributed by atoms with E-state index in [1.807, 2.05) is 12.5 Å². The van der Waals surface area contributed by atoms with Crippen molar-refractivity contribution >= 4 is 0 Å². The van der Waals surface area contributed by atoms with Crippen LogP contribution in [0.4, 0.5) is 0 Å². The predicted molar refractivity (Wildman–Crippen MR) is 65.9 cm³/mol. The van der Waals surface area contributed by atoms with Crippen molar-refractivity contribution in [2.45, 2.75) is 46.7 Å². The lowest BCUT2D eigenvalue weighted by molar-refractivity contribution is 0.446. The Morgan fingerprint density at radius 3 is 2.69 bits per heavy atom. The van der Waals surface area contributed by atoms with E-state index < -0.39 is 0 Å².